The van der Waals surface area contributed by atoms with Gasteiger partial charge in [0.25, 0.3) is 0 Å². The molecule has 0 bridgehead atoms. The smallest absolute Gasteiger partial charge is 0.213 e. The van der Waals surface area contributed by atoms with E-state index in [1.54, 1.807) is 13.3 Å². The maximum Gasteiger partial charge on any atom is 0.213 e. The molecule has 2 rings (SSSR count). The number of ether oxygens (including phenoxy) is 2. The van der Waals surface area contributed by atoms with E-state index < -0.39 is 0 Å². The molecule has 6 nitrogen and oxygen atoms in total. The summed E-state index contributed by atoms with van der Waals surface area (Å²) in [6, 6.07) is 11.2. The number of rotatable bonds is 6. The topological polar surface area (TPSA) is 81.8 Å². The van der Waals surface area contributed by atoms with Crippen LogP contribution >= 0.6 is 0 Å². The van der Waals surface area contributed by atoms with Crippen molar-refractivity contribution in [3.8, 4) is 11.6 Å². The van der Waals surface area contributed by atoms with Crippen LogP contribution in [0, 0.1) is 0 Å². The Bertz CT molecular complexity index is 637. The normalized spacial score (nSPS) is 11.4. The van der Waals surface area contributed by atoms with E-state index in [2.05, 4.69) is 15.3 Å². The van der Waals surface area contributed by atoms with Crippen molar-refractivity contribution in [2.45, 2.75) is 26.5 Å². The Labute approximate surface area is 136 Å². The molecule has 3 N–H and O–H groups in total. The zero-order chi connectivity index (χ0) is 16.7. The maximum atomic E-state index is 5.88. The summed E-state index contributed by atoms with van der Waals surface area (Å²) in [5, 5.41) is 3.03. The van der Waals surface area contributed by atoms with E-state index in [0.717, 1.165) is 17.0 Å². The number of nitrogens with zero attached hydrogens (tertiary/aromatic N) is 2. The summed E-state index contributed by atoms with van der Waals surface area (Å²) in [7, 11) is 1.63. The summed E-state index contributed by atoms with van der Waals surface area (Å²) >= 11 is 0. The lowest BCUT2D eigenvalue weighted by atomic mass is 10.3. The second-order valence-electron chi connectivity index (χ2n) is 5.23. The third kappa shape index (κ3) is 5.50. The van der Waals surface area contributed by atoms with Crippen LogP contribution in [0.2, 0.25) is 0 Å². The predicted molar refractivity (Wildman–Crippen MR) is 91.9 cm³/mol. The van der Waals surface area contributed by atoms with Gasteiger partial charge in [0.1, 0.15) is 5.75 Å². The number of aromatic nitrogens is 1. The van der Waals surface area contributed by atoms with Crippen molar-refractivity contribution in [3.63, 3.8) is 0 Å². The van der Waals surface area contributed by atoms with E-state index in [1.807, 2.05) is 50.2 Å². The Morgan fingerprint density at radius 3 is 2.52 bits per heavy atom. The molecular formula is C17H22N4O2. The van der Waals surface area contributed by atoms with E-state index in [-0.39, 0.29) is 6.10 Å². The van der Waals surface area contributed by atoms with Gasteiger partial charge in [-0.15, -0.1) is 0 Å². The number of benzene rings is 1. The first kappa shape index (κ1) is 16.6. The SMILES string of the molecule is COc1ccc(NC(N)=NCc2ccc(OC(C)C)nc2)cc1. The van der Waals surface area contributed by atoms with Gasteiger partial charge < -0.3 is 20.5 Å². The molecule has 0 aliphatic rings. The molecule has 6 heteroatoms. The summed E-state index contributed by atoms with van der Waals surface area (Å²) in [6.45, 7) is 4.38. The molecule has 0 saturated carbocycles. The number of hydrogen-bond acceptors (Lipinski definition) is 4. The summed E-state index contributed by atoms with van der Waals surface area (Å²) in [4.78, 5) is 8.53. The Morgan fingerprint density at radius 1 is 1.22 bits per heavy atom. The van der Waals surface area contributed by atoms with E-state index in [1.165, 1.54) is 0 Å². The predicted octanol–water partition coefficient (Wildman–Crippen LogP) is 2.80. The summed E-state index contributed by atoms with van der Waals surface area (Å²) in [6.07, 6.45) is 1.85. The Kier molecular flexibility index (Phi) is 5.80. The fourth-order valence-electron chi connectivity index (χ4n) is 1.85. The zero-order valence-corrected chi connectivity index (χ0v) is 13.6. The molecule has 0 unspecified atom stereocenters. The first-order valence-corrected chi connectivity index (χ1v) is 7.39. The van der Waals surface area contributed by atoms with Gasteiger partial charge in [0.15, 0.2) is 5.96 Å². The van der Waals surface area contributed by atoms with Crippen molar-refractivity contribution in [3.05, 3.63) is 48.2 Å². The number of guanidine groups is 1. The van der Waals surface area contributed by atoms with Crippen LogP contribution in [-0.2, 0) is 6.54 Å². The third-order valence-electron chi connectivity index (χ3n) is 2.95. The van der Waals surface area contributed by atoms with Crippen LogP contribution < -0.4 is 20.5 Å². The molecule has 1 aromatic carbocycles. The lowest BCUT2D eigenvalue weighted by Gasteiger charge is -2.09. The van der Waals surface area contributed by atoms with Crippen molar-refractivity contribution in [2.75, 3.05) is 12.4 Å². The second kappa shape index (κ2) is 8.03. The monoisotopic (exact) mass is 314 g/mol. The van der Waals surface area contributed by atoms with Crippen LogP contribution in [-0.4, -0.2) is 24.2 Å². The van der Waals surface area contributed by atoms with E-state index in [0.29, 0.717) is 18.4 Å². The third-order valence-corrected chi connectivity index (χ3v) is 2.95. The van der Waals surface area contributed by atoms with Crippen LogP contribution in [0.25, 0.3) is 0 Å². The molecule has 122 valence electrons. The van der Waals surface area contributed by atoms with Crippen molar-refractivity contribution in [1.82, 2.24) is 4.98 Å². The van der Waals surface area contributed by atoms with Crippen LogP contribution in [0.15, 0.2) is 47.6 Å². The Morgan fingerprint density at radius 2 is 1.96 bits per heavy atom. The summed E-state index contributed by atoms with van der Waals surface area (Å²) in [5.74, 6) is 1.75. The Hall–Kier alpha value is -2.76. The van der Waals surface area contributed by atoms with Crippen molar-refractivity contribution in [1.29, 1.82) is 0 Å². The molecule has 0 radical (unpaired) electrons. The molecule has 0 spiro atoms. The van der Waals surface area contributed by atoms with Gasteiger partial charge >= 0.3 is 0 Å². The summed E-state index contributed by atoms with van der Waals surface area (Å²) < 4.78 is 10.6. The van der Waals surface area contributed by atoms with Crippen LogP contribution in [0.3, 0.4) is 0 Å². The number of aliphatic imine (C=N–C) groups is 1. The molecule has 0 amide bonds. The minimum absolute atomic E-state index is 0.107. The minimum atomic E-state index is 0.107. The van der Waals surface area contributed by atoms with Crippen LogP contribution in [0.4, 0.5) is 5.69 Å². The number of anilines is 1. The highest BCUT2D eigenvalue weighted by atomic mass is 16.5. The molecule has 0 atom stereocenters. The van der Waals surface area contributed by atoms with Crippen LogP contribution in [0.1, 0.15) is 19.4 Å². The molecule has 1 aromatic heterocycles. The van der Waals surface area contributed by atoms with Crippen molar-refractivity contribution < 1.29 is 9.47 Å². The van der Waals surface area contributed by atoms with Gasteiger partial charge in [-0.2, -0.15) is 0 Å². The standard InChI is InChI=1S/C17H22N4O2/c1-12(2)23-16-9-4-13(10-19-16)11-20-17(18)21-14-5-7-15(22-3)8-6-14/h4-10,12H,11H2,1-3H3,(H3,18,20,21). The molecule has 0 saturated heterocycles. The molecule has 0 aliphatic heterocycles. The largest absolute Gasteiger partial charge is 0.497 e. The molecule has 0 aliphatic carbocycles. The number of nitrogens with one attached hydrogen (secondary N) is 1. The highest BCUT2D eigenvalue weighted by molar-refractivity contribution is 5.92. The van der Waals surface area contributed by atoms with Gasteiger partial charge in [-0.3, -0.25) is 0 Å². The molecule has 1 heterocycles. The van der Waals surface area contributed by atoms with Crippen molar-refractivity contribution in [2.24, 2.45) is 10.7 Å². The van der Waals surface area contributed by atoms with Gasteiger partial charge in [0.05, 0.1) is 19.8 Å². The molecule has 23 heavy (non-hydrogen) atoms. The van der Waals surface area contributed by atoms with E-state index >= 15 is 0 Å². The lowest BCUT2D eigenvalue weighted by Crippen LogP contribution is -2.22. The Balaban J connectivity index is 1.90. The quantitative estimate of drug-likeness (QED) is 0.633. The molecule has 0 fully saturated rings. The van der Waals surface area contributed by atoms with Gasteiger partial charge in [0, 0.05) is 18.0 Å². The minimum Gasteiger partial charge on any atom is -0.497 e. The number of pyridine rings is 1. The second-order valence-corrected chi connectivity index (χ2v) is 5.23. The van der Waals surface area contributed by atoms with Gasteiger partial charge in [0.2, 0.25) is 5.88 Å². The van der Waals surface area contributed by atoms with E-state index in [4.69, 9.17) is 15.2 Å². The van der Waals surface area contributed by atoms with Crippen LogP contribution in [0.5, 0.6) is 11.6 Å². The first-order valence-electron chi connectivity index (χ1n) is 7.39. The fourth-order valence-corrected chi connectivity index (χ4v) is 1.85. The number of methoxy groups -OCH3 is 1. The van der Waals surface area contributed by atoms with Gasteiger partial charge in [-0.25, -0.2) is 9.98 Å². The van der Waals surface area contributed by atoms with E-state index in [9.17, 15) is 0 Å². The van der Waals surface area contributed by atoms with Gasteiger partial charge in [-0.05, 0) is 43.7 Å². The average Bonchev–Trinajstić information content (AvgIpc) is 2.54. The molecular weight excluding hydrogens is 292 g/mol. The van der Waals surface area contributed by atoms with Crippen molar-refractivity contribution >= 4 is 11.6 Å². The number of nitrogens with two attached hydrogens (primary N) is 1. The molecule has 2 aromatic rings. The highest BCUT2D eigenvalue weighted by Gasteiger charge is 2.00. The lowest BCUT2D eigenvalue weighted by molar-refractivity contribution is 0.232. The maximum absolute atomic E-state index is 5.88. The first-order chi connectivity index (χ1) is 11.1. The van der Waals surface area contributed by atoms with Gasteiger partial charge in [-0.1, -0.05) is 6.07 Å². The zero-order valence-electron chi connectivity index (χ0n) is 13.6. The number of hydrogen-bond donors (Lipinski definition) is 2. The average molecular weight is 314 g/mol. The fraction of sp³-hybridized carbons (Fsp3) is 0.294. The highest BCUT2D eigenvalue weighted by Crippen LogP contribution is 2.15. The summed E-state index contributed by atoms with van der Waals surface area (Å²) in [5.41, 5.74) is 7.69.